The van der Waals surface area contributed by atoms with Crippen LogP contribution in [0, 0.1) is 17.8 Å². The number of aromatic nitrogens is 1. The Morgan fingerprint density at radius 3 is 3.00 bits per heavy atom. The summed E-state index contributed by atoms with van der Waals surface area (Å²) in [5, 5.41) is 0. The average Bonchev–Trinajstić information content (AvgIpc) is 2.53. The van der Waals surface area contributed by atoms with Crippen molar-refractivity contribution in [3.05, 3.63) is 24.0 Å². The number of sulfonamides is 1. The Hall–Kier alpha value is -1.42. The molecule has 1 aromatic rings. The maximum Gasteiger partial charge on any atom is 0.244 e. The molecule has 5 nitrogen and oxygen atoms in total. The maximum atomic E-state index is 12.7. The summed E-state index contributed by atoms with van der Waals surface area (Å²) in [6.07, 6.45) is 5.96. The van der Waals surface area contributed by atoms with Gasteiger partial charge in [0, 0.05) is 31.0 Å². The van der Waals surface area contributed by atoms with Gasteiger partial charge in [0.2, 0.25) is 10.0 Å². The first-order valence-electron chi connectivity index (χ1n) is 7.22. The van der Waals surface area contributed by atoms with Gasteiger partial charge >= 0.3 is 0 Å². The van der Waals surface area contributed by atoms with Gasteiger partial charge in [-0.1, -0.05) is 25.2 Å². The van der Waals surface area contributed by atoms with E-state index in [1.807, 2.05) is 0 Å². The quantitative estimate of drug-likeness (QED) is 0.851. The minimum absolute atomic E-state index is 0.211. The van der Waals surface area contributed by atoms with E-state index in [-0.39, 0.29) is 11.4 Å². The molecule has 21 heavy (non-hydrogen) atoms. The van der Waals surface area contributed by atoms with Gasteiger partial charge in [-0.05, 0) is 24.8 Å². The topological polar surface area (TPSA) is 76.3 Å². The van der Waals surface area contributed by atoms with Crippen LogP contribution in [0.4, 0.5) is 0 Å². The number of nitrogens with zero attached hydrogens (tertiary/aromatic N) is 2. The number of pyridine rings is 1. The molecule has 2 rings (SSSR count). The first-order chi connectivity index (χ1) is 10.1. The Labute approximate surface area is 126 Å². The molecule has 1 aliphatic heterocycles. The van der Waals surface area contributed by atoms with E-state index < -0.39 is 10.0 Å². The second-order valence-electron chi connectivity index (χ2n) is 5.19. The van der Waals surface area contributed by atoms with Crippen molar-refractivity contribution in [2.24, 2.45) is 11.7 Å². The van der Waals surface area contributed by atoms with E-state index in [0.717, 1.165) is 19.3 Å². The number of hydrogen-bond acceptors (Lipinski definition) is 4. The first kappa shape index (κ1) is 16.0. The number of nitrogens with two attached hydrogens (primary N) is 1. The van der Waals surface area contributed by atoms with Gasteiger partial charge in [-0.15, -0.1) is 0 Å². The zero-order valence-corrected chi connectivity index (χ0v) is 13.1. The Morgan fingerprint density at radius 2 is 2.29 bits per heavy atom. The molecule has 0 spiro atoms. The van der Waals surface area contributed by atoms with E-state index in [9.17, 15) is 8.42 Å². The van der Waals surface area contributed by atoms with Crippen molar-refractivity contribution in [2.45, 2.75) is 31.1 Å². The molecule has 1 unspecified atom stereocenters. The molecule has 0 radical (unpaired) electrons. The molecule has 1 atom stereocenters. The highest BCUT2D eigenvalue weighted by atomic mass is 32.2. The standard InChI is InChI=1S/C15H21N3O2S/c1-2-13-6-4-8-18(12-13)21(19,20)15-9-14(5-3-7-16)10-17-11-15/h9-11,13H,2,4,6-8,12,16H2,1H3. The van der Waals surface area contributed by atoms with E-state index in [1.165, 1.54) is 6.20 Å². The van der Waals surface area contributed by atoms with Gasteiger partial charge in [-0.25, -0.2) is 8.42 Å². The van der Waals surface area contributed by atoms with E-state index in [4.69, 9.17) is 5.73 Å². The zero-order chi connectivity index (χ0) is 15.3. The van der Waals surface area contributed by atoms with E-state index >= 15 is 0 Å². The summed E-state index contributed by atoms with van der Waals surface area (Å²) in [6.45, 7) is 3.52. The predicted molar refractivity (Wildman–Crippen MR) is 81.9 cm³/mol. The highest BCUT2D eigenvalue weighted by Crippen LogP contribution is 2.25. The van der Waals surface area contributed by atoms with Crippen molar-refractivity contribution in [1.82, 2.24) is 9.29 Å². The minimum atomic E-state index is -3.48. The molecule has 6 heteroatoms. The summed E-state index contributed by atoms with van der Waals surface area (Å²) in [4.78, 5) is 4.20. The minimum Gasteiger partial charge on any atom is -0.320 e. The third-order valence-electron chi connectivity index (χ3n) is 3.74. The van der Waals surface area contributed by atoms with Crippen molar-refractivity contribution < 1.29 is 8.42 Å². The lowest BCUT2D eigenvalue weighted by molar-refractivity contribution is 0.261. The second-order valence-corrected chi connectivity index (χ2v) is 7.13. The average molecular weight is 307 g/mol. The Bertz CT molecular complexity index is 646. The highest BCUT2D eigenvalue weighted by Gasteiger charge is 2.29. The van der Waals surface area contributed by atoms with Crippen molar-refractivity contribution in [2.75, 3.05) is 19.6 Å². The summed E-state index contributed by atoms with van der Waals surface area (Å²) in [5.74, 6) is 5.97. The van der Waals surface area contributed by atoms with Gasteiger partial charge in [-0.3, -0.25) is 4.98 Å². The summed E-state index contributed by atoms with van der Waals surface area (Å²) >= 11 is 0. The molecule has 0 amide bonds. The Morgan fingerprint density at radius 1 is 1.48 bits per heavy atom. The van der Waals surface area contributed by atoms with Crippen molar-refractivity contribution in [3.63, 3.8) is 0 Å². The third-order valence-corrected chi connectivity index (χ3v) is 5.58. The van der Waals surface area contributed by atoms with Crippen LogP contribution >= 0.6 is 0 Å². The normalized spacial score (nSPS) is 19.8. The number of rotatable bonds is 3. The van der Waals surface area contributed by atoms with E-state index in [2.05, 4.69) is 23.7 Å². The molecule has 1 aliphatic rings. The van der Waals surface area contributed by atoms with Gasteiger partial charge in [0.25, 0.3) is 0 Å². The van der Waals surface area contributed by atoms with Crippen LogP contribution in [0.2, 0.25) is 0 Å². The maximum absolute atomic E-state index is 12.7. The van der Waals surface area contributed by atoms with Crippen molar-refractivity contribution in [1.29, 1.82) is 0 Å². The van der Waals surface area contributed by atoms with Gasteiger partial charge in [0.1, 0.15) is 4.90 Å². The predicted octanol–water partition coefficient (Wildman–Crippen LogP) is 1.20. The van der Waals surface area contributed by atoms with Crippen LogP contribution in [0.25, 0.3) is 0 Å². The van der Waals surface area contributed by atoms with E-state index in [0.29, 0.717) is 24.6 Å². The van der Waals surface area contributed by atoms with Crippen molar-refractivity contribution >= 4 is 10.0 Å². The van der Waals surface area contributed by atoms with Crippen molar-refractivity contribution in [3.8, 4) is 11.8 Å². The Balaban J connectivity index is 2.26. The Kier molecular flexibility index (Phi) is 5.34. The molecule has 1 saturated heterocycles. The summed E-state index contributed by atoms with van der Waals surface area (Å²) in [6, 6.07) is 1.57. The molecule has 0 saturated carbocycles. The lowest BCUT2D eigenvalue weighted by Crippen LogP contribution is -2.39. The van der Waals surface area contributed by atoms with E-state index in [1.54, 1.807) is 16.6 Å². The molecule has 2 N–H and O–H groups in total. The molecule has 0 aliphatic carbocycles. The van der Waals surface area contributed by atoms with Crippen LogP contribution in [0.5, 0.6) is 0 Å². The summed E-state index contributed by atoms with van der Waals surface area (Å²) in [5.41, 5.74) is 5.90. The summed E-state index contributed by atoms with van der Waals surface area (Å²) in [7, 11) is -3.48. The van der Waals surface area contributed by atoms with Crippen LogP contribution in [-0.4, -0.2) is 37.3 Å². The van der Waals surface area contributed by atoms with Crippen LogP contribution < -0.4 is 5.73 Å². The largest absolute Gasteiger partial charge is 0.320 e. The second kappa shape index (κ2) is 7.03. The fourth-order valence-corrected chi connectivity index (χ4v) is 4.05. The fourth-order valence-electron chi connectivity index (χ4n) is 2.51. The SMILES string of the molecule is CCC1CCCN(S(=O)(=O)c2cncc(C#CCN)c2)C1. The van der Waals surface area contributed by atoms with Crippen LogP contribution in [-0.2, 0) is 10.0 Å². The van der Waals surface area contributed by atoms with Crippen LogP contribution in [0.1, 0.15) is 31.7 Å². The zero-order valence-electron chi connectivity index (χ0n) is 12.2. The number of hydrogen-bond donors (Lipinski definition) is 1. The van der Waals surface area contributed by atoms with Crippen LogP contribution in [0.15, 0.2) is 23.4 Å². The number of piperidine rings is 1. The van der Waals surface area contributed by atoms with Gasteiger partial charge in [-0.2, -0.15) is 4.31 Å². The van der Waals surface area contributed by atoms with Gasteiger partial charge in [0.15, 0.2) is 0 Å². The molecule has 1 fully saturated rings. The first-order valence-corrected chi connectivity index (χ1v) is 8.66. The molecule has 0 aromatic carbocycles. The van der Waals surface area contributed by atoms with Crippen LogP contribution in [0.3, 0.4) is 0 Å². The molecule has 1 aromatic heterocycles. The molecule has 0 bridgehead atoms. The lowest BCUT2D eigenvalue weighted by Gasteiger charge is -2.31. The molecular formula is C15H21N3O2S. The fraction of sp³-hybridized carbons (Fsp3) is 0.533. The smallest absolute Gasteiger partial charge is 0.244 e. The third kappa shape index (κ3) is 3.82. The molecular weight excluding hydrogens is 286 g/mol. The van der Waals surface area contributed by atoms with Gasteiger partial charge < -0.3 is 5.73 Å². The lowest BCUT2D eigenvalue weighted by atomic mass is 9.97. The molecule has 114 valence electrons. The molecule has 2 heterocycles. The van der Waals surface area contributed by atoms with Gasteiger partial charge in [0.05, 0.1) is 6.54 Å². The summed E-state index contributed by atoms with van der Waals surface area (Å²) < 4.78 is 26.9. The highest BCUT2D eigenvalue weighted by molar-refractivity contribution is 7.89. The monoisotopic (exact) mass is 307 g/mol.